The van der Waals surface area contributed by atoms with Gasteiger partial charge in [0.25, 0.3) is 0 Å². The number of hydrogen-bond donors (Lipinski definition) is 2. The van der Waals surface area contributed by atoms with Gasteiger partial charge < -0.3 is 11.1 Å². The second-order valence-corrected chi connectivity index (χ2v) is 2.98. The van der Waals surface area contributed by atoms with E-state index in [-0.39, 0.29) is 0 Å². The van der Waals surface area contributed by atoms with Crippen molar-refractivity contribution in [3.05, 3.63) is 0 Å². The first-order valence-electron chi connectivity index (χ1n) is 3.34. The molecule has 1 unspecified atom stereocenters. The molecule has 0 aromatic heterocycles. The molecular formula is C6H12N2. The number of nitrogens with one attached hydrogen (secondary N) is 1. The first-order valence-corrected chi connectivity index (χ1v) is 3.34. The van der Waals surface area contributed by atoms with Gasteiger partial charge in [-0.15, -0.1) is 0 Å². The minimum atomic E-state index is 0.431. The molecule has 0 bridgehead atoms. The van der Waals surface area contributed by atoms with Crippen molar-refractivity contribution >= 4 is 0 Å². The molecule has 1 heterocycles. The SMILES string of the molecule is NC1CCNC12CC2. The van der Waals surface area contributed by atoms with E-state index in [0.29, 0.717) is 11.6 Å². The highest BCUT2D eigenvalue weighted by Gasteiger charge is 2.50. The van der Waals surface area contributed by atoms with Crippen LogP contribution in [0.5, 0.6) is 0 Å². The third kappa shape index (κ3) is 0.446. The molecule has 0 amide bonds. The summed E-state index contributed by atoms with van der Waals surface area (Å²) < 4.78 is 0. The average Bonchev–Trinajstić information content (AvgIpc) is 2.39. The third-order valence-corrected chi connectivity index (χ3v) is 2.43. The Morgan fingerprint density at radius 1 is 1.50 bits per heavy atom. The smallest absolute Gasteiger partial charge is 0.0334 e. The number of nitrogens with two attached hydrogens (primary N) is 1. The Morgan fingerprint density at radius 3 is 2.50 bits per heavy atom. The third-order valence-electron chi connectivity index (χ3n) is 2.43. The van der Waals surface area contributed by atoms with Crippen LogP contribution in [-0.4, -0.2) is 18.1 Å². The van der Waals surface area contributed by atoms with Gasteiger partial charge >= 0.3 is 0 Å². The molecule has 2 aliphatic rings. The second kappa shape index (κ2) is 1.25. The molecular weight excluding hydrogens is 100 g/mol. The number of rotatable bonds is 0. The van der Waals surface area contributed by atoms with E-state index < -0.39 is 0 Å². The summed E-state index contributed by atoms with van der Waals surface area (Å²) in [6, 6.07) is 0.461. The predicted octanol–water partition coefficient (Wildman–Crippen LogP) is -0.160. The van der Waals surface area contributed by atoms with E-state index in [9.17, 15) is 0 Å². The van der Waals surface area contributed by atoms with Crippen molar-refractivity contribution in [3.63, 3.8) is 0 Å². The summed E-state index contributed by atoms with van der Waals surface area (Å²) in [7, 11) is 0. The van der Waals surface area contributed by atoms with Gasteiger partial charge in [0.2, 0.25) is 0 Å². The summed E-state index contributed by atoms with van der Waals surface area (Å²) >= 11 is 0. The maximum absolute atomic E-state index is 5.81. The van der Waals surface area contributed by atoms with E-state index in [4.69, 9.17) is 5.73 Å². The molecule has 2 nitrogen and oxygen atoms in total. The van der Waals surface area contributed by atoms with Crippen molar-refractivity contribution in [1.29, 1.82) is 0 Å². The zero-order valence-electron chi connectivity index (χ0n) is 4.98. The topological polar surface area (TPSA) is 38.0 Å². The molecule has 0 aromatic carbocycles. The molecule has 3 N–H and O–H groups in total. The lowest BCUT2D eigenvalue weighted by molar-refractivity contribution is 0.530. The summed E-state index contributed by atoms with van der Waals surface area (Å²) in [4.78, 5) is 0. The molecule has 2 fully saturated rings. The fourth-order valence-electron chi connectivity index (χ4n) is 1.57. The fourth-order valence-corrected chi connectivity index (χ4v) is 1.57. The zero-order valence-corrected chi connectivity index (χ0v) is 4.98. The molecule has 8 heavy (non-hydrogen) atoms. The fraction of sp³-hybridized carbons (Fsp3) is 1.00. The van der Waals surface area contributed by atoms with Gasteiger partial charge in [-0.2, -0.15) is 0 Å². The molecule has 1 saturated heterocycles. The molecule has 0 aromatic rings. The molecule has 2 heteroatoms. The summed E-state index contributed by atoms with van der Waals surface area (Å²) in [5.41, 5.74) is 6.24. The van der Waals surface area contributed by atoms with Crippen LogP contribution in [0.15, 0.2) is 0 Å². The largest absolute Gasteiger partial charge is 0.326 e. The zero-order chi connectivity index (χ0) is 5.61. The van der Waals surface area contributed by atoms with Crippen LogP contribution in [0.2, 0.25) is 0 Å². The normalized spacial score (nSPS) is 40.9. The molecule has 1 spiro atoms. The number of hydrogen-bond acceptors (Lipinski definition) is 2. The lowest BCUT2D eigenvalue weighted by Gasteiger charge is -2.11. The highest BCUT2D eigenvalue weighted by atomic mass is 15.1. The highest BCUT2D eigenvalue weighted by Crippen LogP contribution is 2.41. The van der Waals surface area contributed by atoms with Crippen LogP contribution in [0.25, 0.3) is 0 Å². The molecule has 1 atom stereocenters. The Kier molecular flexibility index (Phi) is 0.746. The van der Waals surface area contributed by atoms with Crippen LogP contribution >= 0.6 is 0 Å². The lowest BCUT2D eigenvalue weighted by atomic mass is 10.1. The minimum absolute atomic E-state index is 0.431. The van der Waals surface area contributed by atoms with Crippen LogP contribution in [0.1, 0.15) is 19.3 Å². The maximum atomic E-state index is 5.81. The molecule has 46 valence electrons. The van der Waals surface area contributed by atoms with Gasteiger partial charge in [0.1, 0.15) is 0 Å². The monoisotopic (exact) mass is 112 g/mol. The standard InChI is InChI=1S/C6H12N2/c7-5-1-4-8-6(5)2-3-6/h5,8H,1-4,7H2. The van der Waals surface area contributed by atoms with Crippen LogP contribution < -0.4 is 11.1 Å². The van der Waals surface area contributed by atoms with Crippen molar-refractivity contribution in [2.75, 3.05) is 6.54 Å². The Bertz CT molecular complexity index is 107. The first-order chi connectivity index (χ1) is 3.83. The van der Waals surface area contributed by atoms with Crippen LogP contribution in [0.3, 0.4) is 0 Å². The molecule has 1 saturated carbocycles. The van der Waals surface area contributed by atoms with Crippen LogP contribution in [0, 0.1) is 0 Å². The molecule has 2 rings (SSSR count). The van der Waals surface area contributed by atoms with Gasteiger partial charge in [-0.1, -0.05) is 0 Å². The van der Waals surface area contributed by atoms with Crippen molar-refractivity contribution in [1.82, 2.24) is 5.32 Å². The van der Waals surface area contributed by atoms with Crippen molar-refractivity contribution in [2.24, 2.45) is 5.73 Å². The van der Waals surface area contributed by atoms with Crippen molar-refractivity contribution in [2.45, 2.75) is 30.8 Å². The van der Waals surface area contributed by atoms with Crippen molar-refractivity contribution < 1.29 is 0 Å². The van der Waals surface area contributed by atoms with E-state index in [1.165, 1.54) is 19.3 Å². The quantitative estimate of drug-likeness (QED) is 0.457. The van der Waals surface area contributed by atoms with Crippen molar-refractivity contribution in [3.8, 4) is 0 Å². The van der Waals surface area contributed by atoms with Gasteiger partial charge in [0.15, 0.2) is 0 Å². The Hall–Kier alpha value is -0.0800. The van der Waals surface area contributed by atoms with E-state index in [2.05, 4.69) is 5.32 Å². The summed E-state index contributed by atoms with van der Waals surface area (Å²) in [6.45, 7) is 1.14. The maximum Gasteiger partial charge on any atom is 0.0334 e. The Morgan fingerprint density at radius 2 is 2.25 bits per heavy atom. The summed E-state index contributed by atoms with van der Waals surface area (Å²) in [5, 5.41) is 3.43. The van der Waals surface area contributed by atoms with Crippen LogP contribution in [0.4, 0.5) is 0 Å². The van der Waals surface area contributed by atoms with Gasteiger partial charge in [-0.05, 0) is 25.8 Å². The Balaban J connectivity index is 2.12. The van der Waals surface area contributed by atoms with Crippen LogP contribution in [-0.2, 0) is 0 Å². The lowest BCUT2D eigenvalue weighted by Crippen LogP contribution is -2.38. The van der Waals surface area contributed by atoms with E-state index in [1.54, 1.807) is 0 Å². The van der Waals surface area contributed by atoms with Gasteiger partial charge in [-0.25, -0.2) is 0 Å². The predicted molar refractivity (Wildman–Crippen MR) is 32.6 cm³/mol. The average molecular weight is 112 g/mol. The van der Waals surface area contributed by atoms with Gasteiger partial charge in [0, 0.05) is 11.6 Å². The summed E-state index contributed by atoms with van der Waals surface area (Å²) in [6.07, 6.45) is 3.81. The van der Waals surface area contributed by atoms with E-state index in [0.717, 1.165) is 6.54 Å². The molecule has 1 aliphatic heterocycles. The van der Waals surface area contributed by atoms with E-state index in [1.807, 2.05) is 0 Å². The van der Waals surface area contributed by atoms with Gasteiger partial charge in [-0.3, -0.25) is 0 Å². The van der Waals surface area contributed by atoms with E-state index >= 15 is 0 Å². The summed E-state index contributed by atoms with van der Waals surface area (Å²) in [5.74, 6) is 0. The molecule has 1 aliphatic carbocycles. The first kappa shape index (κ1) is 4.77. The Labute approximate surface area is 49.4 Å². The minimum Gasteiger partial charge on any atom is -0.326 e. The van der Waals surface area contributed by atoms with Gasteiger partial charge in [0.05, 0.1) is 0 Å². The molecule has 0 radical (unpaired) electrons. The highest BCUT2D eigenvalue weighted by molar-refractivity contribution is 5.12. The second-order valence-electron chi connectivity index (χ2n) is 2.98.